The first-order valence-electron chi connectivity index (χ1n) is 8.03. The number of esters is 2. The molecule has 0 aromatic heterocycles. The Hall–Kier alpha value is -2.69. The quantitative estimate of drug-likeness (QED) is 0.363. The number of allylic oxidation sites excluding steroid dienone is 4. The lowest BCUT2D eigenvalue weighted by Crippen LogP contribution is -2.38. The van der Waals surface area contributed by atoms with Gasteiger partial charge in [-0.3, -0.25) is 14.4 Å². The van der Waals surface area contributed by atoms with E-state index >= 15 is 0 Å². The summed E-state index contributed by atoms with van der Waals surface area (Å²) in [5.41, 5.74) is 1.15. The molecule has 0 atom stereocenters. The van der Waals surface area contributed by atoms with Crippen LogP contribution in [-0.2, 0) is 19.1 Å². The first kappa shape index (κ1) is 18.6. The van der Waals surface area contributed by atoms with Crippen molar-refractivity contribution in [1.29, 1.82) is 0 Å². The van der Waals surface area contributed by atoms with Crippen molar-refractivity contribution >= 4 is 17.7 Å². The number of benzene rings is 1. The fourth-order valence-corrected chi connectivity index (χ4v) is 3.27. The highest BCUT2D eigenvalue weighted by Gasteiger charge is 2.54. The lowest BCUT2D eigenvalue weighted by Gasteiger charge is -2.22. The van der Waals surface area contributed by atoms with Crippen molar-refractivity contribution in [3.05, 3.63) is 58.7 Å². The molecule has 0 amide bonds. The summed E-state index contributed by atoms with van der Waals surface area (Å²) in [6.45, 7) is 3.54. The van der Waals surface area contributed by atoms with Gasteiger partial charge in [-0.15, -0.1) is 0 Å². The molecule has 1 aromatic rings. The summed E-state index contributed by atoms with van der Waals surface area (Å²) in [6.07, 6.45) is 2.08. The average molecular weight is 342 g/mol. The molecule has 5 nitrogen and oxygen atoms in total. The van der Waals surface area contributed by atoms with E-state index in [-0.39, 0.29) is 18.6 Å². The SMILES string of the molecule is C/C=C1/CC(C(=O)OC)(C(=O)OC)C/C1=C(/C)C(=O)c1ccccc1. The first-order chi connectivity index (χ1) is 11.9. The molecule has 0 bridgehead atoms. The van der Waals surface area contributed by atoms with Crippen LogP contribution in [0, 0.1) is 5.41 Å². The monoisotopic (exact) mass is 342 g/mol. The summed E-state index contributed by atoms with van der Waals surface area (Å²) in [6, 6.07) is 8.91. The normalized spacial score (nSPS) is 19.4. The van der Waals surface area contributed by atoms with Gasteiger partial charge in [0, 0.05) is 17.6 Å². The van der Waals surface area contributed by atoms with Crippen LogP contribution in [-0.4, -0.2) is 31.9 Å². The van der Waals surface area contributed by atoms with Gasteiger partial charge in [-0.1, -0.05) is 36.4 Å². The van der Waals surface area contributed by atoms with Crippen LogP contribution in [0.5, 0.6) is 0 Å². The van der Waals surface area contributed by atoms with Crippen molar-refractivity contribution in [2.45, 2.75) is 26.7 Å². The molecule has 5 heteroatoms. The molecule has 1 aliphatic rings. The van der Waals surface area contributed by atoms with Gasteiger partial charge in [0.1, 0.15) is 0 Å². The molecule has 0 N–H and O–H groups in total. The number of carbonyl (C=O) groups is 3. The van der Waals surface area contributed by atoms with Gasteiger partial charge in [0.2, 0.25) is 0 Å². The third-order valence-corrected chi connectivity index (χ3v) is 4.69. The number of ether oxygens (including phenoxy) is 2. The van der Waals surface area contributed by atoms with Gasteiger partial charge in [0.05, 0.1) is 14.2 Å². The molecule has 2 rings (SSSR count). The van der Waals surface area contributed by atoms with Crippen molar-refractivity contribution in [2.75, 3.05) is 14.2 Å². The van der Waals surface area contributed by atoms with E-state index in [0.29, 0.717) is 16.7 Å². The minimum absolute atomic E-state index is 0.0937. The molecule has 0 aliphatic heterocycles. The van der Waals surface area contributed by atoms with E-state index in [2.05, 4.69) is 0 Å². The fourth-order valence-electron chi connectivity index (χ4n) is 3.27. The molecule has 25 heavy (non-hydrogen) atoms. The fraction of sp³-hybridized carbons (Fsp3) is 0.350. The van der Waals surface area contributed by atoms with Crippen LogP contribution in [0.3, 0.4) is 0 Å². The molecule has 0 heterocycles. The van der Waals surface area contributed by atoms with Crippen molar-refractivity contribution in [2.24, 2.45) is 5.41 Å². The largest absolute Gasteiger partial charge is 0.468 e. The number of hydrogen-bond acceptors (Lipinski definition) is 5. The Morgan fingerprint density at radius 3 is 2.04 bits per heavy atom. The van der Waals surface area contributed by atoms with Crippen LogP contribution in [0.25, 0.3) is 0 Å². The minimum Gasteiger partial charge on any atom is -0.468 e. The highest BCUT2D eigenvalue weighted by molar-refractivity contribution is 6.10. The molecule has 132 valence electrons. The van der Waals surface area contributed by atoms with Gasteiger partial charge in [-0.05, 0) is 31.4 Å². The maximum Gasteiger partial charge on any atom is 0.323 e. The van der Waals surface area contributed by atoms with E-state index in [1.165, 1.54) is 14.2 Å². The zero-order valence-electron chi connectivity index (χ0n) is 14.9. The maximum absolute atomic E-state index is 12.8. The van der Waals surface area contributed by atoms with E-state index in [1.807, 2.05) is 19.1 Å². The summed E-state index contributed by atoms with van der Waals surface area (Å²) >= 11 is 0. The molecule has 0 radical (unpaired) electrons. The molecule has 1 saturated carbocycles. The zero-order chi connectivity index (χ0) is 18.6. The molecular weight excluding hydrogens is 320 g/mol. The Morgan fingerprint density at radius 2 is 1.56 bits per heavy atom. The highest BCUT2D eigenvalue weighted by atomic mass is 16.5. The van der Waals surface area contributed by atoms with Gasteiger partial charge in [0.15, 0.2) is 11.2 Å². The Kier molecular flexibility index (Phi) is 5.57. The number of rotatable bonds is 4. The second kappa shape index (κ2) is 7.47. The van der Waals surface area contributed by atoms with Crippen LogP contribution in [0.15, 0.2) is 53.1 Å². The van der Waals surface area contributed by atoms with Crippen molar-refractivity contribution in [3.63, 3.8) is 0 Å². The summed E-state index contributed by atoms with van der Waals surface area (Å²) in [4.78, 5) is 37.5. The van der Waals surface area contributed by atoms with E-state index in [4.69, 9.17) is 9.47 Å². The second-order valence-corrected chi connectivity index (χ2v) is 6.03. The highest BCUT2D eigenvalue weighted by Crippen LogP contribution is 2.48. The number of carbonyl (C=O) groups excluding carboxylic acids is 3. The maximum atomic E-state index is 12.8. The van der Waals surface area contributed by atoms with Gasteiger partial charge < -0.3 is 9.47 Å². The third kappa shape index (κ3) is 3.27. The third-order valence-electron chi connectivity index (χ3n) is 4.69. The molecule has 0 spiro atoms. The topological polar surface area (TPSA) is 69.7 Å². The van der Waals surface area contributed by atoms with Crippen LogP contribution in [0.1, 0.15) is 37.0 Å². The second-order valence-electron chi connectivity index (χ2n) is 6.03. The molecule has 1 fully saturated rings. The number of hydrogen-bond donors (Lipinski definition) is 0. The van der Waals surface area contributed by atoms with Crippen LogP contribution in [0.2, 0.25) is 0 Å². The predicted octanol–water partition coefficient (Wildman–Crippen LogP) is 3.26. The zero-order valence-corrected chi connectivity index (χ0v) is 14.9. The molecule has 0 saturated heterocycles. The lowest BCUT2D eigenvalue weighted by molar-refractivity contribution is -0.168. The van der Waals surface area contributed by atoms with Crippen LogP contribution < -0.4 is 0 Å². The summed E-state index contributed by atoms with van der Waals surface area (Å²) in [5.74, 6) is -1.41. The smallest absolute Gasteiger partial charge is 0.323 e. The summed E-state index contributed by atoms with van der Waals surface area (Å²) < 4.78 is 9.70. The minimum atomic E-state index is -1.43. The number of Topliss-reactive ketones (excluding diaryl/α,β-unsaturated/α-hetero) is 1. The Morgan fingerprint density at radius 1 is 1.00 bits per heavy atom. The standard InChI is InChI=1S/C20H22O5/c1-5-14-11-20(18(22)24-3,19(23)25-4)12-16(14)13(2)17(21)15-9-7-6-8-10-15/h5-10H,11-12H2,1-4H3/b14-5-,16-13+. The van der Waals surface area contributed by atoms with Crippen molar-refractivity contribution in [1.82, 2.24) is 0 Å². The molecule has 0 unspecified atom stereocenters. The number of ketones is 1. The van der Waals surface area contributed by atoms with E-state index in [9.17, 15) is 14.4 Å². The van der Waals surface area contributed by atoms with Gasteiger partial charge in [-0.2, -0.15) is 0 Å². The Balaban J connectivity index is 2.52. The van der Waals surface area contributed by atoms with Gasteiger partial charge in [-0.25, -0.2) is 0 Å². The first-order valence-corrected chi connectivity index (χ1v) is 8.03. The molecule has 1 aromatic carbocycles. The summed E-state index contributed by atoms with van der Waals surface area (Å²) in [7, 11) is 2.48. The van der Waals surface area contributed by atoms with Crippen LogP contribution >= 0.6 is 0 Å². The van der Waals surface area contributed by atoms with Crippen molar-refractivity contribution < 1.29 is 23.9 Å². The van der Waals surface area contributed by atoms with E-state index in [1.54, 1.807) is 31.2 Å². The van der Waals surface area contributed by atoms with Gasteiger partial charge in [0.25, 0.3) is 0 Å². The Labute approximate surface area is 147 Å². The average Bonchev–Trinajstić information content (AvgIpc) is 3.07. The molecular formula is C20H22O5. The lowest BCUT2D eigenvalue weighted by atomic mass is 9.85. The van der Waals surface area contributed by atoms with Gasteiger partial charge >= 0.3 is 11.9 Å². The van der Waals surface area contributed by atoms with Crippen LogP contribution in [0.4, 0.5) is 0 Å². The predicted molar refractivity (Wildman–Crippen MR) is 92.9 cm³/mol. The van der Waals surface area contributed by atoms with E-state index < -0.39 is 17.4 Å². The Bertz CT molecular complexity index is 740. The summed E-state index contributed by atoms with van der Waals surface area (Å²) in [5, 5.41) is 0. The molecule has 1 aliphatic carbocycles. The van der Waals surface area contributed by atoms with Crippen molar-refractivity contribution in [3.8, 4) is 0 Å². The number of methoxy groups -OCH3 is 2. The van der Waals surface area contributed by atoms with E-state index in [0.717, 1.165) is 5.57 Å².